The third kappa shape index (κ3) is 4.38. The van der Waals surface area contributed by atoms with E-state index in [4.69, 9.17) is 4.42 Å². The van der Waals surface area contributed by atoms with Crippen LogP contribution in [0.3, 0.4) is 0 Å². The Kier molecular flexibility index (Phi) is 5.57. The molecular formula is C24H21N3O3. The predicted octanol–water partition coefficient (Wildman–Crippen LogP) is 3.79. The molecule has 0 saturated heterocycles. The minimum atomic E-state index is -0.460. The summed E-state index contributed by atoms with van der Waals surface area (Å²) in [6.45, 7) is 2.50. The Morgan fingerprint density at radius 1 is 1.07 bits per heavy atom. The maximum Gasteiger partial charge on any atom is 0.263 e. The quantitative estimate of drug-likeness (QED) is 0.535. The topological polar surface area (TPSA) is 77.1 Å². The molecule has 2 heterocycles. The molecule has 2 aromatic carbocycles. The van der Waals surface area contributed by atoms with Crippen LogP contribution in [0.2, 0.25) is 0 Å². The van der Waals surface area contributed by atoms with Crippen molar-refractivity contribution in [2.75, 3.05) is 0 Å². The third-order valence-corrected chi connectivity index (χ3v) is 4.71. The minimum Gasteiger partial charge on any atom is -0.439 e. The summed E-state index contributed by atoms with van der Waals surface area (Å²) in [4.78, 5) is 29.5. The molecule has 0 aliphatic heterocycles. The van der Waals surface area contributed by atoms with Crippen LogP contribution in [0.15, 0.2) is 88.3 Å². The van der Waals surface area contributed by atoms with Crippen LogP contribution in [-0.2, 0) is 13.1 Å². The van der Waals surface area contributed by atoms with Gasteiger partial charge in [-0.15, -0.1) is 0 Å². The van der Waals surface area contributed by atoms with Crippen LogP contribution < -0.4 is 10.9 Å². The smallest absolute Gasteiger partial charge is 0.263 e. The summed E-state index contributed by atoms with van der Waals surface area (Å²) in [5.74, 6) is 0.538. The van der Waals surface area contributed by atoms with E-state index in [1.807, 2.05) is 61.5 Å². The lowest BCUT2D eigenvalue weighted by Gasteiger charge is -2.09. The molecule has 1 amide bonds. The average molecular weight is 399 g/mol. The van der Waals surface area contributed by atoms with E-state index in [0.717, 1.165) is 16.7 Å². The van der Waals surface area contributed by atoms with Gasteiger partial charge in [-0.1, -0.05) is 60.2 Å². The first-order valence-electron chi connectivity index (χ1n) is 9.63. The van der Waals surface area contributed by atoms with Crippen LogP contribution in [-0.4, -0.2) is 15.5 Å². The number of nitrogens with one attached hydrogen (secondary N) is 1. The number of nitrogens with zero attached hydrogens (tertiary/aromatic N) is 2. The van der Waals surface area contributed by atoms with Crippen molar-refractivity contribution in [1.29, 1.82) is 0 Å². The van der Waals surface area contributed by atoms with Crippen LogP contribution in [0.5, 0.6) is 0 Å². The molecule has 1 N–H and O–H groups in total. The second kappa shape index (κ2) is 8.61. The third-order valence-electron chi connectivity index (χ3n) is 4.71. The van der Waals surface area contributed by atoms with Gasteiger partial charge >= 0.3 is 0 Å². The summed E-state index contributed by atoms with van der Waals surface area (Å²) in [5.41, 5.74) is 2.77. The second-order valence-corrected chi connectivity index (χ2v) is 7.01. The lowest BCUT2D eigenvalue weighted by molar-refractivity contribution is 0.0945. The normalized spacial score (nSPS) is 10.7. The number of aryl methyl sites for hydroxylation is 1. The van der Waals surface area contributed by atoms with Gasteiger partial charge < -0.3 is 14.3 Å². The SMILES string of the molecule is Cc1cccc(Cn2cccc(C(=O)NCc3ncc(-c4ccccc4)o3)c2=O)c1. The van der Waals surface area contributed by atoms with Gasteiger partial charge in [-0.2, -0.15) is 0 Å². The Bertz CT molecular complexity index is 1230. The zero-order valence-corrected chi connectivity index (χ0v) is 16.5. The molecule has 0 radical (unpaired) electrons. The zero-order valence-electron chi connectivity index (χ0n) is 16.5. The van der Waals surface area contributed by atoms with E-state index in [2.05, 4.69) is 10.3 Å². The number of pyridine rings is 1. The molecule has 30 heavy (non-hydrogen) atoms. The highest BCUT2D eigenvalue weighted by molar-refractivity contribution is 5.93. The molecule has 6 heteroatoms. The average Bonchev–Trinajstić information content (AvgIpc) is 3.23. The van der Waals surface area contributed by atoms with Crippen molar-refractivity contribution in [2.45, 2.75) is 20.0 Å². The summed E-state index contributed by atoms with van der Waals surface area (Å²) in [5, 5.41) is 2.71. The van der Waals surface area contributed by atoms with E-state index in [1.165, 1.54) is 10.6 Å². The van der Waals surface area contributed by atoms with Gasteiger partial charge in [-0.05, 0) is 24.6 Å². The van der Waals surface area contributed by atoms with Gasteiger partial charge in [0.1, 0.15) is 5.56 Å². The molecule has 0 fully saturated rings. The molecule has 4 aromatic rings. The number of hydrogen-bond donors (Lipinski definition) is 1. The van der Waals surface area contributed by atoms with Crippen LogP contribution in [0, 0.1) is 6.92 Å². The van der Waals surface area contributed by atoms with Crippen molar-refractivity contribution in [2.24, 2.45) is 0 Å². The Hall–Kier alpha value is -3.93. The van der Waals surface area contributed by atoms with Gasteiger partial charge in [-0.25, -0.2) is 4.98 Å². The number of rotatable bonds is 6. The van der Waals surface area contributed by atoms with E-state index < -0.39 is 5.91 Å². The Balaban J connectivity index is 1.45. The highest BCUT2D eigenvalue weighted by Crippen LogP contribution is 2.19. The maximum atomic E-state index is 12.8. The largest absolute Gasteiger partial charge is 0.439 e. The summed E-state index contributed by atoms with van der Waals surface area (Å²) in [7, 11) is 0. The lowest BCUT2D eigenvalue weighted by Crippen LogP contribution is -2.32. The molecule has 0 spiro atoms. The van der Waals surface area contributed by atoms with Crippen molar-refractivity contribution < 1.29 is 9.21 Å². The van der Waals surface area contributed by atoms with Gasteiger partial charge in [0.05, 0.1) is 19.3 Å². The van der Waals surface area contributed by atoms with Crippen molar-refractivity contribution in [3.8, 4) is 11.3 Å². The fourth-order valence-electron chi connectivity index (χ4n) is 3.22. The first-order chi connectivity index (χ1) is 14.6. The van der Waals surface area contributed by atoms with E-state index in [9.17, 15) is 9.59 Å². The Morgan fingerprint density at radius 2 is 1.90 bits per heavy atom. The van der Waals surface area contributed by atoms with Crippen molar-refractivity contribution in [3.05, 3.63) is 112 Å². The predicted molar refractivity (Wildman–Crippen MR) is 114 cm³/mol. The number of oxazole rings is 1. The first kappa shape index (κ1) is 19.4. The number of benzene rings is 2. The molecule has 4 rings (SSSR count). The lowest BCUT2D eigenvalue weighted by atomic mass is 10.1. The summed E-state index contributed by atoms with van der Waals surface area (Å²) in [6.07, 6.45) is 3.30. The highest BCUT2D eigenvalue weighted by Gasteiger charge is 2.14. The molecule has 6 nitrogen and oxygen atoms in total. The summed E-state index contributed by atoms with van der Waals surface area (Å²) in [6, 6.07) is 20.7. The highest BCUT2D eigenvalue weighted by atomic mass is 16.4. The van der Waals surface area contributed by atoms with Crippen LogP contribution in [0.1, 0.15) is 27.4 Å². The van der Waals surface area contributed by atoms with E-state index in [1.54, 1.807) is 18.5 Å². The van der Waals surface area contributed by atoms with Crippen molar-refractivity contribution >= 4 is 5.91 Å². The second-order valence-electron chi connectivity index (χ2n) is 7.01. The van der Waals surface area contributed by atoms with Crippen LogP contribution in [0.25, 0.3) is 11.3 Å². The van der Waals surface area contributed by atoms with Crippen LogP contribution >= 0.6 is 0 Å². The molecule has 150 valence electrons. The number of carbonyl (C=O) groups is 1. The Morgan fingerprint density at radius 3 is 2.70 bits per heavy atom. The number of carbonyl (C=O) groups excluding carboxylic acids is 1. The van der Waals surface area contributed by atoms with E-state index >= 15 is 0 Å². The fraction of sp³-hybridized carbons (Fsp3) is 0.125. The number of amides is 1. The minimum absolute atomic E-state index is 0.0833. The Labute approximate surface area is 173 Å². The molecule has 0 unspecified atom stereocenters. The summed E-state index contributed by atoms with van der Waals surface area (Å²) < 4.78 is 7.22. The van der Waals surface area contributed by atoms with Gasteiger partial charge in [0.2, 0.25) is 5.89 Å². The molecule has 2 aromatic heterocycles. The van der Waals surface area contributed by atoms with Crippen molar-refractivity contribution in [1.82, 2.24) is 14.9 Å². The monoisotopic (exact) mass is 399 g/mol. The standard InChI is InChI=1S/C24H21N3O3/c1-17-7-5-8-18(13-17)16-27-12-6-11-20(24(27)29)23(28)26-15-22-25-14-21(30-22)19-9-3-2-4-10-19/h2-14H,15-16H2,1H3,(H,26,28). The van der Waals surface area contributed by atoms with E-state index in [-0.39, 0.29) is 17.7 Å². The van der Waals surface area contributed by atoms with Gasteiger partial charge in [0.15, 0.2) is 5.76 Å². The molecular weight excluding hydrogens is 378 g/mol. The fourth-order valence-corrected chi connectivity index (χ4v) is 3.22. The number of hydrogen-bond acceptors (Lipinski definition) is 4. The maximum absolute atomic E-state index is 12.8. The molecule has 0 atom stereocenters. The molecule has 0 aliphatic carbocycles. The van der Waals surface area contributed by atoms with Gasteiger partial charge in [0.25, 0.3) is 11.5 Å². The van der Waals surface area contributed by atoms with Gasteiger partial charge in [0, 0.05) is 11.8 Å². The zero-order chi connectivity index (χ0) is 20.9. The van der Waals surface area contributed by atoms with E-state index in [0.29, 0.717) is 18.2 Å². The summed E-state index contributed by atoms with van der Waals surface area (Å²) >= 11 is 0. The van der Waals surface area contributed by atoms with Crippen molar-refractivity contribution in [3.63, 3.8) is 0 Å². The molecule has 0 aliphatic rings. The number of aromatic nitrogens is 2. The first-order valence-corrected chi connectivity index (χ1v) is 9.63. The van der Waals surface area contributed by atoms with Crippen LogP contribution in [0.4, 0.5) is 0 Å². The van der Waals surface area contributed by atoms with Gasteiger partial charge in [-0.3, -0.25) is 9.59 Å². The molecule has 0 saturated carbocycles. The molecule has 0 bridgehead atoms.